The predicted octanol–water partition coefficient (Wildman–Crippen LogP) is 1.43. The summed E-state index contributed by atoms with van der Waals surface area (Å²) in [6.07, 6.45) is -0.613. The van der Waals surface area contributed by atoms with Crippen molar-refractivity contribution >= 4 is 11.6 Å². The van der Waals surface area contributed by atoms with Crippen LogP contribution in [0.2, 0.25) is 0 Å². The van der Waals surface area contributed by atoms with Crippen molar-refractivity contribution in [3.63, 3.8) is 0 Å². The summed E-state index contributed by atoms with van der Waals surface area (Å²) < 4.78 is 36.6. The maximum atomic E-state index is 12.2. The van der Waals surface area contributed by atoms with E-state index in [1.165, 1.54) is 0 Å². The first-order valence-electron chi connectivity index (χ1n) is 3.73. The number of carbonyl (C=O) groups excluding carboxylic acids is 2. The highest BCUT2D eigenvalue weighted by molar-refractivity contribution is 6.01. The third kappa shape index (κ3) is 2.82. The molecular weight excluding hydrogens is 185 g/mol. The molecule has 0 fully saturated rings. The molecule has 0 radical (unpaired) electrons. The fourth-order valence-corrected chi connectivity index (χ4v) is 0.744. The summed E-state index contributed by atoms with van der Waals surface area (Å²) in [6, 6.07) is 0. The molecule has 0 aliphatic carbocycles. The SMILES string of the molecule is CC(=O)CC(=O)C(CF)(CF)CF. The van der Waals surface area contributed by atoms with Gasteiger partial charge in [0, 0.05) is 0 Å². The number of alkyl halides is 3. The molecule has 0 spiro atoms. The highest BCUT2D eigenvalue weighted by Gasteiger charge is 2.39. The zero-order valence-corrected chi connectivity index (χ0v) is 7.28. The Hall–Kier alpha value is -0.870. The minimum absolute atomic E-state index is 0.523. The molecule has 0 unspecified atom stereocenters. The highest BCUT2D eigenvalue weighted by Crippen LogP contribution is 2.23. The number of ketones is 2. The van der Waals surface area contributed by atoms with Crippen LogP contribution in [-0.2, 0) is 9.59 Å². The van der Waals surface area contributed by atoms with E-state index in [0.717, 1.165) is 6.92 Å². The van der Waals surface area contributed by atoms with E-state index in [2.05, 4.69) is 0 Å². The lowest BCUT2D eigenvalue weighted by Crippen LogP contribution is -2.38. The molecule has 0 heterocycles. The number of halogens is 3. The Morgan fingerprint density at radius 3 is 1.69 bits per heavy atom. The van der Waals surface area contributed by atoms with Crippen molar-refractivity contribution in [1.29, 1.82) is 0 Å². The zero-order chi connectivity index (χ0) is 10.5. The zero-order valence-electron chi connectivity index (χ0n) is 7.28. The third-order valence-corrected chi connectivity index (χ3v) is 1.77. The van der Waals surface area contributed by atoms with Crippen LogP contribution in [0.4, 0.5) is 13.2 Å². The van der Waals surface area contributed by atoms with Crippen LogP contribution in [0, 0.1) is 5.41 Å². The number of hydrogen-bond acceptors (Lipinski definition) is 2. The number of rotatable bonds is 6. The third-order valence-electron chi connectivity index (χ3n) is 1.77. The maximum absolute atomic E-state index is 12.2. The second kappa shape index (κ2) is 4.99. The molecule has 0 bridgehead atoms. The summed E-state index contributed by atoms with van der Waals surface area (Å²) in [5.74, 6) is -1.53. The van der Waals surface area contributed by atoms with Gasteiger partial charge in [-0.3, -0.25) is 9.59 Å². The van der Waals surface area contributed by atoms with Crippen molar-refractivity contribution in [2.24, 2.45) is 5.41 Å². The normalized spacial score (nSPS) is 11.4. The Labute approximate surface area is 74.1 Å². The summed E-state index contributed by atoms with van der Waals surface area (Å²) in [7, 11) is 0. The fourth-order valence-electron chi connectivity index (χ4n) is 0.744. The molecule has 13 heavy (non-hydrogen) atoms. The summed E-state index contributed by atoms with van der Waals surface area (Å²) in [6.45, 7) is -3.12. The largest absolute Gasteiger partial charge is 0.300 e. The minimum atomic E-state index is -2.24. The topological polar surface area (TPSA) is 34.1 Å². The molecule has 76 valence electrons. The van der Waals surface area contributed by atoms with Crippen LogP contribution < -0.4 is 0 Å². The molecular formula is C8H11F3O2. The summed E-state index contributed by atoms with van der Waals surface area (Å²) >= 11 is 0. The standard InChI is InChI=1S/C8H11F3O2/c1-6(12)2-7(13)8(3-9,4-10)5-11/h2-5H2,1H3. The molecule has 0 amide bonds. The Bertz CT molecular complexity index is 191. The number of hydrogen-bond donors (Lipinski definition) is 0. The van der Waals surface area contributed by atoms with Gasteiger partial charge in [-0.15, -0.1) is 0 Å². The van der Waals surface area contributed by atoms with Crippen molar-refractivity contribution < 1.29 is 22.8 Å². The molecule has 0 N–H and O–H groups in total. The van der Waals surface area contributed by atoms with Crippen LogP contribution in [0.25, 0.3) is 0 Å². The second-order valence-corrected chi connectivity index (χ2v) is 2.98. The van der Waals surface area contributed by atoms with Gasteiger partial charge in [-0.1, -0.05) is 0 Å². The first-order valence-corrected chi connectivity index (χ1v) is 3.73. The molecule has 0 saturated carbocycles. The molecule has 0 aromatic heterocycles. The van der Waals surface area contributed by atoms with Gasteiger partial charge in [-0.25, -0.2) is 13.2 Å². The highest BCUT2D eigenvalue weighted by atomic mass is 19.1. The van der Waals surface area contributed by atoms with E-state index in [0.29, 0.717) is 0 Å². The van der Waals surface area contributed by atoms with E-state index >= 15 is 0 Å². The monoisotopic (exact) mass is 196 g/mol. The first-order chi connectivity index (χ1) is 6.02. The smallest absolute Gasteiger partial charge is 0.154 e. The lowest BCUT2D eigenvalue weighted by Gasteiger charge is -2.21. The number of carbonyl (C=O) groups is 2. The molecule has 0 saturated heterocycles. The lowest BCUT2D eigenvalue weighted by molar-refractivity contribution is -0.135. The van der Waals surface area contributed by atoms with Crippen LogP contribution in [0.3, 0.4) is 0 Å². The van der Waals surface area contributed by atoms with Crippen molar-refractivity contribution in [2.75, 3.05) is 20.0 Å². The Morgan fingerprint density at radius 1 is 1.08 bits per heavy atom. The molecule has 2 nitrogen and oxygen atoms in total. The van der Waals surface area contributed by atoms with Crippen LogP contribution in [0.1, 0.15) is 13.3 Å². The van der Waals surface area contributed by atoms with Gasteiger partial charge < -0.3 is 0 Å². The summed E-state index contributed by atoms with van der Waals surface area (Å²) in [5.41, 5.74) is -2.24. The first kappa shape index (κ1) is 12.1. The Balaban J connectivity index is 4.53. The van der Waals surface area contributed by atoms with Crippen molar-refractivity contribution in [1.82, 2.24) is 0 Å². The quantitative estimate of drug-likeness (QED) is 0.602. The van der Waals surface area contributed by atoms with Gasteiger partial charge in [-0.2, -0.15) is 0 Å². The number of Topliss-reactive ketones (excluding diaryl/α,β-unsaturated/α-hetero) is 2. The molecule has 0 atom stereocenters. The van der Waals surface area contributed by atoms with Crippen LogP contribution >= 0.6 is 0 Å². The van der Waals surface area contributed by atoms with E-state index in [1.807, 2.05) is 0 Å². The summed E-state index contributed by atoms with van der Waals surface area (Å²) in [4.78, 5) is 21.5. The van der Waals surface area contributed by atoms with E-state index in [9.17, 15) is 22.8 Å². The van der Waals surface area contributed by atoms with Crippen molar-refractivity contribution in [2.45, 2.75) is 13.3 Å². The Morgan fingerprint density at radius 2 is 1.46 bits per heavy atom. The van der Waals surface area contributed by atoms with Crippen LogP contribution in [0.15, 0.2) is 0 Å². The van der Waals surface area contributed by atoms with Gasteiger partial charge in [0.25, 0.3) is 0 Å². The maximum Gasteiger partial charge on any atom is 0.154 e. The van der Waals surface area contributed by atoms with Gasteiger partial charge in [0.1, 0.15) is 31.2 Å². The van der Waals surface area contributed by atoms with E-state index in [-0.39, 0.29) is 0 Å². The summed E-state index contributed by atoms with van der Waals surface area (Å²) in [5, 5.41) is 0. The second-order valence-electron chi connectivity index (χ2n) is 2.98. The molecule has 0 aliphatic rings. The van der Waals surface area contributed by atoms with Crippen LogP contribution in [-0.4, -0.2) is 31.6 Å². The van der Waals surface area contributed by atoms with E-state index in [1.54, 1.807) is 0 Å². The minimum Gasteiger partial charge on any atom is -0.300 e. The molecule has 0 aromatic carbocycles. The molecule has 5 heteroatoms. The van der Waals surface area contributed by atoms with Gasteiger partial charge in [-0.05, 0) is 6.92 Å². The molecule has 0 aliphatic heterocycles. The van der Waals surface area contributed by atoms with Gasteiger partial charge in [0.2, 0.25) is 0 Å². The fraction of sp³-hybridized carbons (Fsp3) is 0.750. The molecule has 0 aromatic rings. The Kier molecular flexibility index (Phi) is 4.66. The van der Waals surface area contributed by atoms with E-state index in [4.69, 9.17) is 0 Å². The van der Waals surface area contributed by atoms with Crippen molar-refractivity contribution in [3.8, 4) is 0 Å². The molecule has 0 rings (SSSR count). The van der Waals surface area contributed by atoms with Gasteiger partial charge in [0.15, 0.2) is 5.78 Å². The van der Waals surface area contributed by atoms with Crippen molar-refractivity contribution in [3.05, 3.63) is 0 Å². The average molecular weight is 196 g/mol. The van der Waals surface area contributed by atoms with Crippen LogP contribution in [0.5, 0.6) is 0 Å². The predicted molar refractivity (Wildman–Crippen MR) is 40.7 cm³/mol. The lowest BCUT2D eigenvalue weighted by atomic mass is 9.85. The van der Waals surface area contributed by atoms with Gasteiger partial charge >= 0.3 is 0 Å². The average Bonchev–Trinajstić information content (AvgIpc) is 2.07. The van der Waals surface area contributed by atoms with Gasteiger partial charge in [0.05, 0.1) is 6.42 Å². The van der Waals surface area contributed by atoms with E-state index < -0.39 is 43.4 Å².